The molecule has 0 heterocycles. The highest BCUT2D eigenvalue weighted by Gasteiger charge is 2.15. The fraction of sp³-hybridized carbons (Fsp3) is 0.167. The Balaban J connectivity index is 2.58. The van der Waals surface area contributed by atoms with Gasteiger partial charge in [0, 0.05) is 5.39 Å². The molecule has 3 rings (SSSR count). The first kappa shape index (κ1) is 7.07. The van der Waals surface area contributed by atoms with Gasteiger partial charge in [-0.15, -0.1) is 0 Å². The lowest BCUT2D eigenvalue weighted by Crippen LogP contribution is -1.82. The molecule has 0 radical (unpaired) electrons. The van der Waals surface area contributed by atoms with Gasteiger partial charge < -0.3 is 0 Å². The summed E-state index contributed by atoms with van der Waals surface area (Å²) < 4.78 is 13.4. The van der Waals surface area contributed by atoms with Gasteiger partial charge in [-0.05, 0) is 35.4 Å². The van der Waals surface area contributed by atoms with Crippen molar-refractivity contribution in [1.82, 2.24) is 0 Å². The fourth-order valence-electron chi connectivity index (χ4n) is 2.21. The molecule has 2 aromatic carbocycles. The van der Waals surface area contributed by atoms with Crippen LogP contribution in [0.1, 0.15) is 11.1 Å². The van der Waals surface area contributed by atoms with Crippen molar-refractivity contribution in [2.75, 3.05) is 0 Å². The molecule has 0 amide bonds. The van der Waals surface area contributed by atoms with Crippen molar-refractivity contribution in [3.63, 3.8) is 0 Å². The molecule has 0 saturated heterocycles. The van der Waals surface area contributed by atoms with Crippen molar-refractivity contribution in [2.45, 2.75) is 12.8 Å². The van der Waals surface area contributed by atoms with Crippen LogP contribution in [0.2, 0.25) is 0 Å². The SMILES string of the molecule is Fc1ccc2c3c(cccc13)CC2. The number of halogens is 1. The second kappa shape index (κ2) is 2.32. The summed E-state index contributed by atoms with van der Waals surface area (Å²) in [6.07, 6.45) is 2.13. The van der Waals surface area contributed by atoms with Crippen molar-refractivity contribution >= 4 is 10.8 Å². The Bertz CT molecular complexity index is 475. The molecular formula is C12H9F. The zero-order chi connectivity index (χ0) is 8.84. The van der Waals surface area contributed by atoms with Gasteiger partial charge in [0.2, 0.25) is 0 Å². The molecule has 0 spiro atoms. The molecule has 2 aromatic rings. The third-order valence-corrected chi connectivity index (χ3v) is 2.82. The summed E-state index contributed by atoms with van der Waals surface area (Å²) in [5.41, 5.74) is 2.60. The second-order valence-electron chi connectivity index (χ2n) is 3.55. The van der Waals surface area contributed by atoms with Crippen LogP contribution in [0.5, 0.6) is 0 Å². The molecule has 0 bridgehead atoms. The maximum absolute atomic E-state index is 13.4. The molecule has 0 fully saturated rings. The summed E-state index contributed by atoms with van der Waals surface area (Å²) in [6, 6.07) is 9.39. The molecule has 0 aliphatic heterocycles. The van der Waals surface area contributed by atoms with Gasteiger partial charge in [0.15, 0.2) is 0 Å². The molecule has 0 unspecified atom stereocenters. The van der Waals surface area contributed by atoms with Gasteiger partial charge in [0.1, 0.15) is 5.82 Å². The molecular weight excluding hydrogens is 163 g/mol. The summed E-state index contributed by atoms with van der Waals surface area (Å²) in [5, 5.41) is 1.94. The summed E-state index contributed by atoms with van der Waals surface area (Å²) in [6.45, 7) is 0. The van der Waals surface area contributed by atoms with Crippen LogP contribution < -0.4 is 0 Å². The molecule has 1 aliphatic rings. The van der Waals surface area contributed by atoms with Gasteiger partial charge in [-0.3, -0.25) is 0 Å². The van der Waals surface area contributed by atoms with Crippen molar-refractivity contribution in [2.24, 2.45) is 0 Å². The van der Waals surface area contributed by atoms with E-state index in [2.05, 4.69) is 6.07 Å². The summed E-state index contributed by atoms with van der Waals surface area (Å²) >= 11 is 0. The largest absolute Gasteiger partial charge is 0.206 e. The van der Waals surface area contributed by atoms with E-state index in [1.807, 2.05) is 18.2 Å². The summed E-state index contributed by atoms with van der Waals surface area (Å²) in [4.78, 5) is 0. The monoisotopic (exact) mass is 172 g/mol. The first-order valence-electron chi connectivity index (χ1n) is 4.55. The van der Waals surface area contributed by atoms with Crippen molar-refractivity contribution in [1.29, 1.82) is 0 Å². The maximum Gasteiger partial charge on any atom is 0.131 e. The third-order valence-electron chi connectivity index (χ3n) is 2.82. The highest BCUT2D eigenvalue weighted by Crippen LogP contribution is 2.31. The number of hydrogen-bond donors (Lipinski definition) is 0. The Hall–Kier alpha value is -1.37. The van der Waals surface area contributed by atoms with Gasteiger partial charge in [-0.2, -0.15) is 0 Å². The van der Waals surface area contributed by atoms with E-state index < -0.39 is 0 Å². The molecule has 1 heteroatoms. The Morgan fingerprint density at radius 3 is 2.54 bits per heavy atom. The standard InChI is InChI=1S/C12H9F/c13-11-7-6-9-5-4-8-2-1-3-10(11)12(8)9/h1-3,6-7H,4-5H2. The van der Waals surface area contributed by atoms with E-state index >= 15 is 0 Å². The van der Waals surface area contributed by atoms with Crippen LogP contribution >= 0.6 is 0 Å². The number of benzene rings is 2. The first-order valence-corrected chi connectivity index (χ1v) is 4.55. The average molecular weight is 172 g/mol. The smallest absolute Gasteiger partial charge is 0.131 e. The second-order valence-corrected chi connectivity index (χ2v) is 3.55. The van der Waals surface area contributed by atoms with Gasteiger partial charge in [0.05, 0.1) is 0 Å². The normalized spacial score (nSPS) is 13.9. The van der Waals surface area contributed by atoms with E-state index in [1.165, 1.54) is 11.1 Å². The maximum atomic E-state index is 13.4. The molecule has 1 aliphatic carbocycles. The van der Waals surface area contributed by atoms with Gasteiger partial charge in [0.25, 0.3) is 0 Å². The lowest BCUT2D eigenvalue weighted by atomic mass is 10.1. The average Bonchev–Trinajstić information content (AvgIpc) is 2.57. The minimum Gasteiger partial charge on any atom is -0.206 e. The Morgan fingerprint density at radius 2 is 1.69 bits per heavy atom. The lowest BCUT2D eigenvalue weighted by Gasteiger charge is -2.01. The first-order chi connectivity index (χ1) is 6.36. The van der Waals surface area contributed by atoms with Gasteiger partial charge in [-0.25, -0.2) is 4.39 Å². The van der Waals surface area contributed by atoms with Crippen LogP contribution in [0.25, 0.3) is 10.8 Å². The number of rotatable bonds is 0. The van der Waals surface area contributed by atoms with E-state index in [1.54, 1.807) is 6.07 Å². The van der Waals surface area contributed by atoms with Crippen LogP contribution in [0, 0.1) is 5.82 Å². The van der Waals surface area contributed by atoms with Crippen LogP contribution in [0.3, 0.4) is 0 Å². The van der Waals surface area contributed by atoms with E-state index in [0.29, 0.717) is 0 Å². The zero-order valence-electron chi connectivity index (χ0n) is 7.18. The van der Waals surface area contributed by atoms with Crippen molar-refractivity contribution in [3.05, 3.63) is 47.3 Å². The quantitative estimate of drug-likeness (QED) is 0.573. The molecule has 0 aromatic heterocycles. The number of aryl methyl sites for hydroxylation is 2. The minimum absolute atomic E-state index is 0.0949. The number of hydrogen-bond acceptors (Lipinski definition) is 0. The predicted molar refractivity (Wildman–Crippen MR) is 51.3 cm³/mol. The van der Waals surface area contributed by atoms with E-state index in [4.69, 9.17) is 0 Å². The predicted octanol–water partition coefficient (Wildman–Crippen LogP) is 3.08. The molecule has 0 nitrogen and oxygen atoms in total. The Morgan fingerprint density at radius 1 is 0.923 bits per heavy atom. The Labute approximate surface area is 76.0 Å². The van der Waals surface area contributed by atoms with Crippen LogP contribution in [-0.4, -0.2) is 0 Å². The van der Waals surface area contributed by atoms with Crippen molar-refractivity contribution < 1.29 is 4.39 Å². The van der Waals surface area contributed by atoms with E-state index in [0.717, 1.165) is 23.6 Å². The molecule has 64 valence electrons. The lowest BCUT2D eigenvalue weighted by molar-refractivity contribution is 0.639. The molecule has 0 atom stereocenters. The van der Waals surface area contributed by atoms with Crippen LogP contribution in [0.15, 0.2) is 30.3 Å². The molecule has 0 N–H and O–H groups in total. The van der Waals surface area contributed by atoms with E-state index in [-0.39, 0.29) is 5.82 Å². The minimum atomic E-state index is -0.0949. The third kappa shape index (κ3) is 0.844. The highest BCUT2D eigenvalue weighted by atomic mass is 19.1. The van der Waals surface area contributed by atoms with Gasteiger partial charge >= 0.3 is 0 Å². The highest BCUT2D eigenvalue weighted by molar-refractivity contribution is 5.91. The molecule has 13 heavy (non-hydrogen) atoms. The van der Waals surface area contributed by atoms with Crippen molar-refractivity contribution in [3.8, 4) is 0 Å². The fourth-order valence-corrected chi connectivity index (χ4v) is 2.21. The molecule has 0 saturated carbocycles. The zero-order valence-corrected chi connectivity index (χ0v) is 7.18. The summed E-state index contributed by atoms with van der Waals surface area (Å²) in [5.74, 6) is -0.0949. The van der Waals surface area contributed by atoms with E-state index in [9.17, 15) is 4.39 Å². The van der Waals surface area contributed by atoms with Gasteiger partial charge in [-0.1, -0.05) is 24.3 Å². The van der Waals surface area contributed by atoms with Crippen LogP contribution in [0.4, 0.5) is 4.39 Å². The topological polar surface area (TPSA) is 0 Å². The van der Waals surface area contributed by atoms with Crippen LogP contribution in [-0.2, 0) is 12.8 Å². The summed E-state index contributed by atoms with van der Waals surface area (Å²) in [7, 11) is 0. The Kier molecular flexibility index (Phi) is 1.26.